The molecule has 0 aliphatic heterocycles. The van der Waals surface area contributed by atoms with Gasteiger partial charge in [0.2, 0.25) is 0 Å². The number of rotatable bonds is 7. The van der Waals surface area contributed by atoms with Crippen LogP contribution in [-0.4, -0.2) is 31.4 Å². The fourth-order valence-electron chi connectivity index (χ4n) is 3.99. The summed E-state index contributed by atoms with van der Waals surface area (Å²) in [7, 11) is 0.949. The van der Waals surface area contributed by atoms with Crippen molar-refractivity contribution in [2.75, 3.05) is 13.9 Å². The molecular weight excluding hydrogens is 402 g/mol. The topological polar surface area (TPSA) is 38.7 Å². The average Bonchev–Trinajstić information content (AvgIpc) is 2.63. The Kier molecular flexibility index (Phi) is 7.48. The molecule has 0 radical (unpaired) electrons. The van der Waals surface area contributed by atoms with E-state index in [9.17, 15) is 31.4 Å². The number of benzene rings is 1. The van der Waals surface area contributed by atoms with E-state index in [1.54, 1.807) is 6.92 Å². The van der Waals surface area contributed by atoms with Gasteiger partial charge >= 0.3 is 12.4 Å². The third-order valence-electron chi connectivity index (χ3n) is 5.38. The minimum atomic E-state index is -5.78. The fourth-order valence-corrected chi connectivity index (χ4v) is 3.99. The van der Waals surface area contributed by atoms with Gasteiger partial charge in [-0.2, -0.15) is 26.3 Å². The van der Waals surface area contributed by atoms with Crippen LogP contribution in [-0.2, 0) is 21.5 Å². The van der Waals surface area contributed by atoms with Gasteiger partial charge in [0, 0.05) is 12.7 Å². The number of ether oxygens (including phenoxy) is 2. The summed E-state index contributed by atoms with van der Waals surface area (Å²) < 4.78 is 92.2. The van der Waals surface area contributed by atoms with E-state index in [4.69, 9.17) is 0 Å². The summed E-state index contributed by atoms with van der Waals surface area (Å²) in [6.45, 7) is 0.538. The number of methoxy groups -OCH3 is 1. The van der Waals surface area contributed by atoms with Gasteiger partial charge in [0.25, 0.3) is 5.60 Å². The Hall–Kier alpha value is -1.48. The van der Waals surface area contributed by atoms with Crippen LogP contribution in [0.5, 0.6) is 5.75 Å². The smallest absolute Gasteiger partial charge is 0.430 e. The van der Waals surface area contributed by atoms with Crippen molar-refractivity contribution in [3.63, 3.8) is 0 Å². The molecule has 0 aromatic heterocycles. The molecule has 0 spiro atoms. The van der Waals surface area contributed by atoms with E-state index in [1.165, 1.54) is 0 Å². The molecule has 1 N–H and O–H groups in total. The lowest BCUT2D eigenvalue weighted by Gasteiger charge is -2.38. The van der Waals surface area contributed by atoms with Gasteiger partial charge in [-0.1, -0.05) is 32.6 Å². The molecule has 0 unspecified atom stereocenters. The molecule has 0 amide bonds. The summed E-state index contributed by atoms with van der Waals surface area (Å²) in [6.07, 6.45) is -7.20. The highest BCUT2D eigenvalue weighted by Gasteiger charge is 2.73. The van der Waals surface area contributed by atoms with Crippen LogP contribution in [0.3, 0.4) is 0 Å². The molecule has 0 atom stereocenters. The van der Waals surface area contributed by atoms with Gasteiger partial charge in [-0.05, 0) is 48.4 Å². The summed E-state index contributed by atoms with van der Waals surface area (Å²) >= 11 is 0. The lowest BCUT2D eigenvalue weighted by Crippen LogP contribution is -2.56. The molecule has 1 aromatic rings. The molecule has 1 aliphatic carbocycles. The number of alkyl halides is 6. The van der Waals surface area contributed by atoms with Gasteiger partial charge in [0.1, 0.15) is 12.5 Å². The van der Waals surface area contributed by atoms with Crippen molar-refractivity contribution in [1.29, 1.82) is 0 Å². The molecule has 1 saturated carbocycles. The van der Waals surface area contributed by atoms with Crippen LogP contribution in [0.1, 0.15) is 68.1 Å². The Morgan fingerprint density at radius 1 is 1.00 bits per heavy atom. The van der Waals surface area contributed by atoms with Crippen molar-refractivity contribution in [3.05, 3.63) is 28.8 Å². The van der Waals surface area contributed by atoms with Crippen LogP contribution in [0, 0.1) is 0 Å². The number of phenolic OH excluding ortho intramolecular Hbond substituents is 1. The van der Waals surface area contributed by atoms with Crippen molar-refractivity contribution in [2.24, 2.45) is 0 Å². The van der Waals surface area contributed by atoms with Gasteiger partial charge in [-0.3, -0.25) is 0 Å². The van der Waals surface area contributed by atoms with Crippen LogP contribution in [0.4, 0.5) is 26.3 Å². The van der Waals surface area contributed by atoms with Crippen molar-refractivity contribution in [2.45, 2.75) is 75.7 Å². The highest BCUT2D eigenvalue weighted by Crippen LogP contribution is 2.54. The van der Waals surface area contributed by atoms with Gasteiger partial charge in [-0.15, -0.1) is 0 Å². The second-order valence-corrected chi connectivity index (χ2v) is 7.39. The van der Waals surface area contributed by atoms with E-state index >= 15 is 0 Å². The Balaban J connectivity index is 2.76. The summed E-state index contributed by atoms with van der Waals surface area (Å²) in [5, 5.41) is 10.6. The zero-order valence-corrected chi connectivity index (χ0v) is 16.4. The van der Waals surface area contributed by atoms with Crippen molar-refractivity contribution < 1.29 is 40.9 Å². The summed E-state index contributed by atoms with van der Waals surface area (Å²) in [5.41, 5.74) is -5.43. The van der Waals surface area contributed by atoms with Crippen molar-refractivity contribution in [1.82, 2.24) is 0 Å². The summed E-state index contributed by atoms with van der Waals surface area (Å²) in [6, 6.07) is 1.59. The molecule has 2 rings (SSSR count). The second-order valence-electron chi connectivity index (χ2n) is 7.39. The normalized spacial score (nSPS) is 17.0. The monoisotopic (exact) mass is 428 g/mol. The molecule has 166 valence electrons. The number of aryl methyl sites for hydroxylation is 1. The minimum absolute atomic E-state index is 0.0597. The van der Waals surface area contributed by atoms with Crippen LogP contribution in [0.2, 0.25) is 0 Å². The van der Waals surface area contributed by atoms with E-state index in [0.29, 0.717) is 19.3 Å². The van der Waals surface area contributed by atoms with Crippen LogP contribution in [0.25, 0.3) is 0 Å². The van der Waals surface area contributed by atoms with Crippen LogP contribution < -0.4 is 0 Å². The van der Waals surface area contributed by atoms with E-state index in [2.05, 4.69) is 9.47 Å². The minimum Gasteiger partial charge on any atom is -0.507 e. The Bertz CT molecular complexity index is 664. The number of halogens is 6. The zero-order valence-electron chi connectivity index (χ0n) is 16.4. The molecule has 1 aromatic carbocycles. The molecule has 0 bridgehead atoms. The SMILES string of the molecule is CCCc1cc(C(OCOC)(C(F)(F)F)C(F)(F)F)cc(C2CCCCC2)c1O. The van der Waals surface area contributed by atoms with Gasteiger partial charge in [-0.25, -0.2) is 0 Å². The van der Waals surface area contributed by atoms with Gasteiger partial charge in [0.15, 0.2) is 0 Å². The van der Waals surface area contributed by atoms with Gasteiger partial charge in [0.05, 0.1) is 0 Å². The van der Waals surface area contributed by atoms with Crippen molar-refractivity contribution in [3.8, 4) is 5.75 Å². The first kappa shape index (κ1) is 23.8. The lowest BCUT2D eigenvalue weighted by molar-refractivity contribution is -0.400. The maximum Gasteiger partial charge on any atom is 0.430 e. The molecule has 1 aliphatic rings. The second kappa shape index (κ2) is 9.12. The predicted molar refractivity (Wildman–Crippen MR) is 94.7 cm³/mol. The third kappa shape index (κ3) is 4.66. The first-order valence-electron chi connectivity index (χ1n) is 9.62. The van der Waals surface area contributed by atoms with E-state index in [1.807, 2.05) is 0 Å². The fraction of sp³-hybridized carbons (Fsp3) is 0.700. The number of aromatic hydroxyl groups is 1. The van der Waals surface area contributed by atoms with E-state index < -0.39 is 30.3 Å². The summed E-state index contributed by atoms with van der Waals surface area (Å²) in [5.74, 6) is -0.506. The maximum atomic E-state index is 13.9. The quantitative estimate of drug-likeness (QED) is 0.407. The van der Waals surface area contributed by atoms with E-state index in [0.717, 1.165) is 38.5 Å². The Morgan fingerprint density at radius 3 is 2.07 bits per heavy atom. The van der Waals surface area contributed by atoms with Gasteiger partial charge < -0.3 is 14.6 Å². The highest BCUT2D eigenvalue weighted by molar-refractivity contribution is 5.48. The molecule has 0 heterocycles. The zero-order chi connectivity index (χ0) is 21.9. The summed E-state index contributed by atoms with van der Waals surface area (Å²) in [4.78, 5) is 0. The standard InChI is InChI=1S/C20H26F6O3/c1-3-7-14-10-15(11-16(17(14)27)13-8-5-4-6-9-13)18(19(21,22)23,20(24,25)26)29-12-28-2/h10-11,13,27H,3-9,12H2,1-2H3. The molecule has 9 heteroatoms. The van der Waals surface area contributed by atoms with Crippen LogP contribution >= 0.6 is 0 Å². The highest BCUT2D eigenvalue weighted by atomic mass is 19.4. The first-order valence-corrected chi connectivity index (χ1v) is 9.62. The molecule has 3 nitrogen and oxygen atoms in total. The number of hydrogen-bond donors (Lipinski definition) is 1. The predicted octanol–water partition coefficient (Wildman–Crippen LogP) is 6.33. The van der Waals surface area contributed by atoms with Crippen LogP contribution in [0.15, 0.2) is 12.1 Å². The van der Waals surface area contributed by atoms with Crippen molar-refractivity contribution >= 4 is 0 Å². The van der Waals surface area contributed by atoms with E-state index in [-0.39, 0.29) is 29.2 Å². The molecule has 1 fully saturated rings. The molecular formula is C20H26F6O3. The average molecular weight is 428 g/mol. The Morgan fingerprint density at radius 2 is 1.59 bits per heavy atom. The Labute approximate surface area is 166 Å². The first-order chi connectivity index (χ1) is 13.5. The maximum absolute atomic E-state index is 13.9. The third-order valence-corrected chi connectivity index (χ3v) is 5.38. The lowest BCUT2D eigenvalue weighted by atomic mass is 9.79. The largest absolute Gasteiger partial charge is 0.507 e. The molecule has 0 saturated heterocycles. The molecule has 29 heavy (non-hydrogen) atoms. The number of hydrogen-bond acceptors (Lipinski definition) is 3. The number of phenols is 1.